The first-order valence-corrected chi connectivity index (χ1v) is 43.4. The van der Waals surface area contributed by atoms with Gasteiger partial charge in [-0.2, -0.15) is 0 Å². The van der Waals surface area contributed by atoms with Crippen molar-refractivity contribution in [1.29, 1.82) is 0 Å². The third-order valence-corrected chi connectivity index (χ3v) is 20.2. The molecule has 2 saturated heterocycles. The molecule has 2 aliphatic heterocycles. The molecule has 0 aromatic heterocycles. The van der Waals surface area contributed by atoms with Crippen LogP contribution in [0.4, 0.5) is 0 Å². The smallest absolute Gasteiger partial charge is 0.320 e. The molecule has 0 aliphatic carbocycles. The summed E-state index contributed by atoms with van der Waals surface area (Å²) < 4.78 is 34.8. The molecular weight excluding hydrogens is 1860 g/mol. The number of ether oxygens (including phenoxy) is 6. The van der Waals surface area contributed by atoms with E-state index in [0.29, 0.717) is 38.9 Å². The SMILES string of the molecule is CN(CC(=O)O)CC(=O)O.CNCCN(CC(=O)O)CC(=O)O.O=C(O)CCCCCNCC(O)COCC(O)C(OC1OC(COCC(O)CNCCCCC(C(=O)O)N(CCN(CC(=O)O)CC(=O)O)CCN(CC(=O)O)CC(=O)O)C(OC2OC(CO)C(O)C(O)C2O)C(O)C1O)C(O)C(O)CNCCCCC(C(=O)O)N(CCN(CC(=O)O)CC(=O)O)CCN(CC(=O)O)CC(=O)O. The van der Waals surface area contributed by atoms with Crippen LogP contribution in [0.2, 0.25) is 0 Å². The van der Waals surface area contributed by atoms with Crippen molar-refractivity contribution in [3.63, 3.8) is 0 Å². The Morgan fingerprint density at radius 2 is 0.693 bits per heavy atom. The summed E-state index contributed by atoms with van der Waals surface area (Å²) in [5.74, 6) is -19.0. The minimum atomic E-state index is -2.29. The number of carboxylic acid groups (broad SMARTS) is 15. The van der Waals surface area contributed by atoms with E-state index in [-0.39, 0.29) is 150 Å². The molecule has 2 rings (SSSR count). The molecule has 0 aromatic rings. The first kappa shape index (κ1) is 128. The van der Waals surface area contributed by atoms with Gasteiger partial charge < -0.3 is 182 Å². The summed E-state index contributed by atoms with van der Waals surface area (Å²) in [6, 6.07) is -2.74. The molecule has 0 bridgehead atoms. The summed E-state index contributed by atoms with van der Waals surface area (Å²) in [4.78, 5) is 178. The molecule has 30 N–H and O–H groups in total. The van der Waals surface area contributed by atoms with Crippen LogP contribution >= 0.6 is 0 Å². The molecule has 18 unspecified atom stereocenters. The number of nitrogens with zero attached hydrogens (tertiary/aromatic N) is 8. The minimum Gasteiger partial charge on any atom is -0.481 e. The predicted molar refractivity (Wildman–Crippen MR) is 460 cm³/mol. The topological polar surface area (TPSA) is 911 Å². The van der Waals surface area contributed by atoms with Crippen LogP contribution in [0.25, 0.3) is 0 Å². The van der Waals surface area contributed by atoms with Crippen LogP contribution in [-0.2, 0) is 100 Å². The minimum absolute atomic E-state index is 0.0340. The zero-order chi connectivity index (χ0) is 104. The maximum Gasteiger partial charge on any atom is 0.320 e. The second-order valence-corrected chi connectivity index (χ2v) is 32.1. The summed E-state index contributed by atoms with van der Waals surface area (Å²) in [6.45, 7) is -12.1. The summed E-state index contributed by atoms with van der Waals surface area (Å²) in [5, 5.41) is 272. The van der Waals surface area contributed by atoms with Gasteiger partial charge in [0.05, 0.1) is 130 Å². The number of aliphatic hydroxyl groups is 11. The highest BCUT2D eigenvalue weighted by Crippen LogP contribution is 2.32. The highest BCUT2D eigenvalue weighted by atomic mass is 16.8. The van der Waals surface area contributed by atoms with Crippen LogP contribution < -0.4 is 21.3 Å². The van der Waals surface area contributed by atoms with Crippen molar-refractivity contribution >= 4 is 89.5 Å². The Kier molecular flexibility index (Phi) is 67.4. The van der Waals surface area contributed by atoms with Crippen LogP contribution in [0, 0.1) is 0 Å². The number of likely N-dealkylation sites (N-methyl/N-ethyl adjacent to an activating group) is 2. The van der Waals surface area contributed by atoms with E-state index < -0.39 is 292 Å². The average molecular weight is 2000 g/mol. The molecule has 794 valence electrons. The second-order valence-electron chi connectivity index (χ2n) is 32.1. The van der Waals surface area contributed by atoms with E-state index in [9.17, 15) is 179 Å². The lowest BCUT2D eigenvalue weighted by Crippen LogP contribution is -2.65. The highest BCUT2D eigenvalue weighted by molar-refractivity contribution is 5.77. The molecule has 0 amide bonds. The molecule has 0 aromatic carbocycles. The Labute approximate surface area is 785 Å². The van der Waals surface area contributed by atoms with Gasteiger partial charge in [0, 0.05) is 91.5 Å². The average Bonchev–Trinajstić information content (AvgIpc) is 0.780. The molecule has 2 heterocycles. The summed E-state index contributed by atoms with van der Waals surface area (Å²) in [5.41, 5.74) is 0. The Morgan fingerprint density at radius 1 is 0.350 bits per heavy atom. The van der Waals surface area contributed by atoms with Crippen molar-refractivity contribution in [2.75, 3.05) is 230 Å². The molecule has 18 atom stereocenters. The number of carbonyl (C=O) groups is 15. The van der Waals surface area contributed by atoms with Gasteiger partial charge in [0.25, 0.3) is 0 Å². The van der Waals surface area contributed by atoms with E-state index in [1.165, 1.54) is 26.6 Å². The number of hydrogen-bond acceptors (Lipinski definition) is 44. The zero-order valence-electron chi connectivity index (χ0n) is 76.1. The molecule has 137 heavy (non-hydrogen) atoms. The first-order valence-electron chi connectivity index (χ1n) is 43.4. The van der Waals surface area contributed by atoms with Crippen molar-refractivity contribution < 1.29 is 233 Å². The van der Waals surface area contributed by atoms with Crippen molar-refractivity contribution in [1.82, 2.24) is 60.5 Å². The monoisotopic (exact) mass is 2000 g/mol. The number of nitrogens with one attached hydrogen (secondary N) is 4. The lowest BCUT2D eigenvalue weighted by Gasteiger charge is -2.47. The fourth-order valence-corrected chi connectivity index (χ4v) is 13.7. The lowest BCUT2D eigenvalue weighted by molar-refractivity contribution is -0.368. The maximum absolute atomic E-state index is 12.8. The summed E-state index contributed by atoms with van der Waals surface area (Å²) >= 11 is 0. The van der Waals surface area contributed by atoms with Gasteiger partial charge >= 0.3 is 89.5 Å². The standard InChI is InChI=1S/C66H117N9O39.C7H14N2O4.C5H9NO4/c76-33-44-56(100)57(101)59(103)65(111-44)114-62-45(37-110-35-39(78)23-68-12-6-3-8-40(63(105)106)74(18-14-70(25-47(83)84)26-48(85)86)19-15-71(27-49(87)88)28-50(89)90)112-66(60(104)58(62)102)113-61(43(80)36-109-34-38(77)22-67-11-5-1-2-10-46(81)82)55(99)42(79)24-69-13-7-4-9-41(64(107)108)75(20-16-72(29-51(91)92)30-52(93)94)21-17-73(31-53(95)96)32-54(97)98;1-8-2-3-9(4-6(10)11)5-7(12)13;1-6(2-4(7)8)3-5(9)10/h38-45,55-62,65-69,76-80,99-104H,1-37H2,(H,81,82)(H,83,84)(H,85,86)(H,87,88)(H,89,90)(H,91,92)(H,93,94)(H,95,96)(H,97,98)(H,105,106)(H,107,108);8H,2-5H2,1H3,(H,10,11)(H,12,13);2-3H2,1H3,(H,7,8)(H,9,10). The number of carboxylic acids is 15. The third-order valence-electron chi connectivity index (χ3n) is 20.2. The molecule has 0 spiro atoms. The number of aliphatic carboxylic acids is 15. The van der Waals surface area contributed by atoms with E-state index in [1.54, 1.807) is 7.05 Å². The molecule has 2 aliphatic rings. The maximum atomic E-state index is 12.8. The van der Waals surface area contributed by atoms with Gasteiger partial charge in [0.2, 0.25) is 0 Å². The van der Waals surface area contributed by atoms with Gasteiger partial charge in [-0.3, -0.25) is 111 Å². The largest absolute Gasteiger partial charge is 0.481 e. The fourth-order valence-electron chi connectivity index (χ4n) is 13.7. The van der Waals surface area contributed by atoms with Crippen LogP contribution in [0.3, 0.4) is 0 Å². The van der Waals surface area contributed by atoms with Crippen molar-refractivity contribution in [2.24, 2.45) is 0 Å². The Bertz CT molecular complexity index is 3380. The Balaban J connectivity index is 0.00000703. The van der Waals surface area contributed by atoms with E-state index in [1.807, 2.05) is 0 Å². The number of aliphatic hydroxyl groups excluding tert-OH is 11. The van der Waals surface area contributed by atoms with Gasteiger partial charge in [0.15, 0.2) is 12.6 Å². The van der Waals surface area contributed by atoms with Crippen molar-refractivity contribution in [3.05, 3.63) is 0 Å². The fraction of sp³-hybridized carbons (Fsp3) is 0.808. The zero-order valence-corrected chi connectivity index (χ0v) is 76.1. The summed E-state index contributed by atoms with van der Waals surface area (Å²) in [6.07, 6.45) is -29.0. The van der Waals surface area contributed by atoms with Crippen molar-refractivity contribution in [3.8, 4) is 0 Å². The molecule has 0 saturated carbocycles. The predicted octanol–water partition coefficient (Wildman–Crippen LogP) is -13.2. The summed E-state index contributed by atoms with van der Waals surface area (Å²) in [7, 11) is 3.15. The van der Waals surface area contributed by atoms with Crippen LogP contribution in [0.5, 0.6) is 0 Å². The molecular formula is C78H140N12O47. The second kappa shape index (κ2) is 72.2. The van der Waals surface area contributed by atoms with E-state index in [0.717, 1.165) is 19.6 Å². The molecule has 2 fully saturated rings. The van der Waals surface area contributed by atoms with Crippen LogP contribution in [0.1, 0.15) is 64.2 Å². The quantitative estimate of drug-likeness (QED) is 0.0251. The number of hydrogen-bond donors (Lipinski definition) is 30. The van der Waals surface area contributed by atoms with E-state index >= 15 is 0 Å². The lowest BCUT2D eigenvalue weighted by atomic mass is 9.96. The van der Waals surface area contributed by atoms with Gasteiger partial charge in [-0.1, -0.05) is 19.3 Å². The van der Waals surface area contributed by atoms with Gasteiger partial charge in [-0.05, 0) is 72.3 Å². The van der Waals surface area contributed by atoms with E-state index in [2.05, 4.69) is 21.3 Å². The first-order chi connectivity index (χ1) is 64.3. The molecule has 0 radical (unpaired) electrons. The normalized spacial score (nSPS) is 20.1. The molecule has 59 heteroatoms. The number of rotatable bonds is 81. The molecule has 59 nitrogen and oxygen atoms in total. The van der Waals surface area contributed by atoms with Gasteiger partial charge in [-0.15, -0.1) is 0 Å². The van der Waals surface area contributed by atoms with Crippen LogP contribution in [0.15, 0.2) is 0 Å². The highest BCUT2D eigenvalue weighted by Gasteiger charge is 2.53. The van der Waals surface area contributed by atoms with Crippen LogP contribution in [-0.4, -0.2) is 602 Å². The number of unbranched alkanes of at least 4 members (excludes halogenated alkanes) is 4. The Hall–Kier alpha value is -9.11. The Morgan fingerprint density at radius 3 is 1.04 bits per heavy atom. The van der Waals surface area contributed by atoms with Crippen molar-refractivity contribution in [2.45, 2.75) is 174 Å². The van der Waals surface area contributed by atoms with Gasteiger partial charge in [-0.25, -0.2) is 0 Å². The van der Waals surface area contributed by atoms with E-state index in [4.69, 9.17) is 54.0 Å². The van der Waals surface area contributed by atoms with Gasteiger partial charge in [0.1, 0.15) is 79.2 Å². The third kappa shape index (κ3) is 60.5.